The molecule has 0 bridgehead atoms. The maximum atomic E-state index is 6.14. The molecule has 10 heteroatoms. The van der Waals surface area contributed by atoms with Crippen LogP contribution in [-0.4, -0.2) is 46.5 Å². The smallest absolute Gasteiger partial charge is 0.228 e. The van der Waals surface area contributed by atoms with Gasteiger partial charge in [-0.15, -0.1) is 0 Å². The van der Waals surface area contributed by atoms with Crippen LogP contribution in [0.25, 0.3) is 22.2 Å². The largest absolute Gasteiger partial charge is 0.457 e. The molecule has 0 radical (unpaired) electrons. The zero-order chi connectivity index (χ0) is 25.2. The molecule has 2 aromatic heterocycles. The molecule has 1 aliphatic rings. The third-order valence-electron chi connectivity index (χ3n) is 5.92. The number of hydrogen-bond donors (Lipinski definition) is 2. The fourth-order valence-electron chi connectivity index (χ4n) is 4.16. The van der Waals surface area contributed by atoms with Crippen molar-refractivity contribution in [2.75, 3.05) is 36.5 Å². The van der Waals surface area contributed by atoms with Crippen LogP contribution in [0.5, 0.6) is 11.5 Å². The van der Waals surface area contributed by atoms with Crippen LogP contribution in [0.3, 0.4) is 0 Å². The average molecular weight is 533 g/mol. The normalized spacial score (nSPS) is 13.6. The van der Waals surface area contributed by atoms with Crippen LogP contribution in [-0.2, 0) is 4.74 Å². The number of benzene rings is 3. The molecule has 1 fully saturated rings. The van der Waals surface area contributed by atoms with E-state index in [0.29, 0.717) is 46.5 Å². The highest BCUT2D eigenvalue weighted by molar-refractivity contribution is 6.34. The topological polar surface area (TPSA) is 88.2 Å². The van der Waals surface area contributed by atoms with Gasteiger partial charge < -0.3 is 19.7 Å². The number of nitrogens with zero attached hydrogens (tertiary/aromatic N) is 4. The fraction of sp³-hybridized carbons (Fsp3) is 0.148. The first-order chi connectivity index (χ1) is 18.1. The number of halogens is 2. The van der Waals surface area contributed by atoms with Crippen LogP contribution in [0.4, 0.5) is 17.5 Å². The second-order valence-corrected chi connectivity index (χ2v) is 9.44. The van der Waals surface area contributed by atoms with Gasteiger partial charge in [-0.3, -0.25) is 5.10 Å². The van der Waals surface area contributed by atoms with Gasteiger partial charge in [-0.2, -0.15) is 10.1 Å². The minimum Gasteiger partial charge on any atom is -0.457 e. The SMILES string of the molecule is Clc1cc(Cl)cc(Oc2cccc(-c3cc(Nc4ccc5[nH]ncc5c4)nc(N4CCOCC4)n3)c2)c1. The molecule has 37 heavy (non-hydrogen) atoms. The third kappa shape index (κ3) is 5.46. The number of H-pyrrole nitrogens is 1. The summed E-state index contributed by atoms with van der Waals surface area (Å²) in [5.74, 6) is 2.52. The molecule has 0 spiro atoms. The molecule has 0 atom stereocenters. The lowest BCUT2D eigenvalue weighted by molar-refractivity contribution is 0.122. The molecular formula is C27H22Cl2N6O2. The Labute approximate surface area is 223 Å². The minimum atomic E-state index is 0.508. The summed E-state index contributed by atoms with van der Waals surface area (Å²) >= 11 is 12.3. The molecule has 1 aliphatic heterocycles. The predicted molar refractivity (Wildman–Crippen MR) is 146 cm³/mol. The van der Waals surface area contributed by atoms with Crippen molar-refractivity contribution in [3.05, 3.63) is 83.0 Å². The Hall–Kier alpha value is -3.85. The van der Waals surface area contributed by atoms with Gasteiger partial charge in [0.25, 0.3) is 0 Å². The van der Waals surface area contributed by atoms with Crippen molar-refractivity contribution in [2.24, 2.45) is 0 Å². The Morgan fingerprint density at radius 2 is 1.73 bits per heavy atom. The molecule has 2 N–H and O–H groups in total. The van der Waals surface area contributed by atoms with E-state index in [9.17, 15) is 0 Å². The van der Waals surface area contributed by atoms with Gasteiger partial charge >= 0.3 is 0 Å². The molecule has 0 unspecified atom stereocenters. The molecule has 3 heterocycles. The van der Waals surface area contributed by atoms with Gasteiger partial charge in [-0.05, 0) is 48.5 Å². The van der Waals surface area contributed by atoms with Crippen LogP contribution < -0.4 is 15.0 Å². The molecule has 0 aliphatic carbocycles. The Kier molecular flexibility index (Phi) is 6.53. The van der Waals surface area contributed by atoms with Crippen LogP contribution in [0.15, 0.2) is 72.9 Å². The molecule has 5 aromatic rings. The number of hydrogen-bond acceptors (Lipinski definition) is 7. The van der Waals surface area contributed by atoms with E-state index in [2.05, 4.69) is 20.4 Å². The van der Waals surface area contributed by atoms with Crippen LogP contribution >= 0.6 is 23.2 Å². The Balaban J connectivity index is 1.35. The van der Waals surface area contributed by atoms with Crippen molar-refractivity contribution in [2.45, 2.75) is 0 Å². The molecule has 6 rings (SSSR count). The van der Waals surface area contributed by atoms with Crippen LogP contribution in [0.2, 0.25) is 10.0 Å². The van der Waals surface area contributed by atoms with E-state index in [-0.39, 0.29) is 0 Å². The number of aromatic amines is 1. The van der Waals surface area contributed by atoms with E-state index >= 15 is 0 Å². The number of ether oxygens (including phenoxy) is 2. The van der Waals surface area contributed by atoms with Crippen molar-refractivity contribution in [1.29, 1.82) is 0 Å². The first kappa shape index (κ1) is 23.5. The van der Waals surface area contributed by atoms with Gasteiger partial charge in [0.05, 0.1) is 30.6 Å². The molecule has 3 aromatic carbocycles. The molecule has 0 saturated carbocycles. The van der Waals surface area contributed by atoms with Crippen molar-refractivity contribution in [3.8, 4) is 22.8 Å². The van der Waals surface area contributed by atoms with E-state index < -0.39 is 0 Å². The van der Waals surface area contributed by atoms with Gasteiger partial charge in [0.15, 0.2) is 0 Å². The fourth-order valence-corrected chi connectivity index (χ4v) is 4.67. The lowest BCUT2D eigenvalue weighted by Gasteiger charge is -2.27. The molecule has 0 amide bonds. The number of rotatable bonds is 6. The van der Waals surface area contributed by atoms with E-state index in [4.69, 9.17) is 42.6 Å². The zero-order valence-corrected chi connectivity index (χ0v) is 21.1. The van der Waals surface area contributed by atoms with Gasteiger partial charge in [0.1, 0.15) is 17.3 Å². The van der Waals surface area contributed by atoms with Crippen LogP contribution in [0.1, 0.15) is 0 Å². The average Bonchev–Trinajstić information content (AvgIpc) is 3.37. The number of anilines is 3. The van der Waals surface area contributed by atoms with E-state index in [0.717, 1.165) is 40.9 Å². The van der Waals surface area contributed by atoms with Crippen molar-refractivity contribution < 1.29 is 9.47 Å². The van der Waals surface area contributed by atoms with E-state index in [1.165, 1.54) is 0 Å². The second kappa shape index (κ2) is 10.3. The molecular weight excluding hydrogens is 511 g/mol. The van der Waals surface area contributed by atoms with Gasteiger partial charge in [0.2, 0.25) is 5.95 Å². The summed E-state index contributed by atoms with van der Waals surface area (Å²) in [6.07, 6.45) is 1.80. The van der Waals surface area contributed by atoms with Gasteiger partial charge in [-0.1, -0.05) is 35.3 Å². The molecule has 8 nitrogen and oxygen atoms in total. The maximum Gasteiger partial charge on any atom is 0.228 e. The standard InChI is InChI=1S/C27H22Cl2N6O2/c28-19-12-20(29)14-23(13-19)37-22-3-1-2-17(11-22)25-15-26(33-27(32-25)35-6-8-36-9-7-35)31-21-4-5-24-18(10-21)16-30-34-24/h1-5,10-16H,6-9H2,(H,30,34)(H,31,32,33). The highest BCUT2D eigenvalue weighted by atomic mass is 35.5. The molecule has 1 saturated heterocycles. The zero-order valence-electron chi connectivity index (χ0n) is 19.6. The first-order valence-electron chi connectivity index (χ1n) is 11.8. The summed E-state index contributed by atoms with van der Waals surface area (Å²) in [5.41, 5.74) is 3.52. The van der Waals surface area contributed by atoms with Gasteiger partial charge in [-0.25, -0.2) is 4.98 Å². The van der Waals surface area contributed by atoms with Crippen molar-refractivity contribution in [3.63, 3.8) is 0 Å². The lowest BCUT2D eigenvalue weighted by atomic mass is 10.1. The molecule has 186 valence electrons. The summed E-state index contributed by atoms with van der Waals surface area (Å²) < 4.78 is 11.6. The number of fused-ring (bicyclic) bond motifs is 1. The monoisotopic (exact) mass is 532 g/mol. The van der Waals surface area contributed by atoms with Crippen molar-refractivity contribution in [1.82, 2.24) is 20.2 Å². The first-order valence-corrected chi connectivity index (χ1v) is 12.5. The van der Waals surface area contributed by atoms with Crippen LogP contribution in [0, 0.1) is 0 Å². The Morgan fingerprint density at radius 1 is 0.892 bits per heavy atom. The highest BCUT2D eigenvalue weighted by Crippen LogP contribution is 2.32. The summed E-state index contributed by atoms with van der Waals surface area (Å²) in [4.78, 5) is 11.8. The second-order valence-electron chi connectivity index (χ2n) is 8.57. The van der Waals surface area contributed by atoms with E-state index in [1.54, 1.807) is 24.4 Å². The van der Waals surface area contributed by atoms with Crippen molar-refractivity contribution >= 4 is 51.6 Å². The predicted octanol–water partition coefficient (Wildman–Crippen LogP) is 6.70. The quantitative estimate of drug-likeness (QED) is 0.251. The van der Waals surface area contributed by atoms with E-state index in [1.807, 2.05) is 48.5 Å². The third-order valence-corrected chi connectivity index (χ3v) is 6.36. The number of aromatic nitrogens is 4. The Morgan fingerprint density at radius 3 is 2.57 bits per heavy atom. The summed E-state index contributed by atoms with van der Waals surface area (Å²) in [6, 6.07) is 20.8. The number of nitrogens with one attached hydrogen (secondary N) is 2. The van der Waals surface area contributed by atoms with Gasteiger partial charge in [0, 0.05) is 45.8 Å². The minimum absolute atomic E-state index is 0.508. The Bertz CT molecular complexity index is 1550. The summed E-state index contributed by atoms with van der Waals surface area (Å²) in [6.45, 7) is 2.73. The summed E-state index contributed by atoms with van der Waals surface area (Å²) in [7, 11) is 0. The summed E-state index contributed by atoms with van der Waals surface area (Å²) in [5, 5.41) is 12.5. The lowest BCUT2D eigenvalue weighted by Crippen LogP contribution is -2.37. The number of morpholine rings is 1. The highest BCUT2D eigenvalue weighted by Gasteiger charge is 2.17. The maximum absolute atomic E-state index is 6.14.